The SMILES string of the molecule is O=C(OCCCCN1CCC(F)C1)[C@H]1[C@H](C(=O)Nc2ccc(Br)nc2)[C@@H]2CC[C@H]1C21CC1. The first-order valence-electron chi connectivity index (χ1n) is 11.9. The van der Waals surface area contributed by atoms with E-state index in [0.717, 1.165) is 51.6 Å². The molecule has 32 heavy (non-hydrogen) atoms. The first-order valence-corrected chi connectivity index (χ1v) is 12.7. The molecule has 1 amide bonds. The standard InChI is InChI=1S/C24H31BrFN3O3/c25-19-6-3-16(13-27-19)28-22(30)20-17-4-5-18(24(17)8-9-24)21(20)23(31)32-12-2-1-10-29-11-7-15(26)14-29/h3,6,13,15,17-18,20-21H,1-2,4-5,7-12,14H2,(H,28,30)/t15?,17-,18+,20+,21+/m0/s1. The zero-order chi connectivity index (χ0) is 22.3. The molecule has 1 aromatic rings. The van der Waals surface area contributed by atoms with Gasteiger partial charge in [-0.3, -0.25) is 9.59 Å². The molecule has 1 aliphatic heterocycles. The van der Waals surface area contributed by atoms with Crippen molar-refractivity contribution in [3.8, 4) is 0 Å². The van der Waals surface area contributed by atoms with Crippen molar-refractivity contribution in [3.63, 3.8) is 0 Å². The van der Waals surface area contributed by atoms with Gasteiger partial charge < -0.3 is 15.0 Å². The molecule has 1 saturated heterocycles. The Morgan fingerprint density at radius 1 is 1.19 bits per heavy atom. The van der Waals surface area contributed by atoms with Crippen LogP contribution in [0.5, 0.6) is 0 Å². The van der Waals surface area contributed by atoms with Crippen LogP contribution in [0.2, 0.25) is 0 Å². The lowest BCUT2D eigenvalue weighted by atomic mass is 9.78. The van der Waals surface area contributed by atoms with E-state index in [4.69, 9.17) is 4.74 Å². The molecule has 4 aliphatic rings. The van der Waals surface area contributed by atoms with Crippen LogP contribution < -0.4 is 5.32 Å². The van der Waals surface area contributed by atoms with Gasteiger partial charge >= 0.3 is 5.97 Å². The summed E-state index contributed by atoms with van der Waals surface area (Å²) in [6.07, 6.45) is 7.51. The summed E-state index contributed by atoms with van der Waals surface area (Å²) in [5, 5.41) is 2.99. The minimum absolute atomic E-state index is 0.0793. The fourth-order valence-electron chi connectivity index (χ4n) is 6.70. The molecule has 1 aromatic heterocycles. The number of nitrogens with zero attached hydrogens (tertiary/aromatic N) is 2. The van der Waals surface area contributed by atoms with Gasteiger partial charge in [-0.25, -0.2) is 9.37 Å². The molecule has 1 spiro atoms. The van der Waals surface area contributed by atoms with Crippen molar-refractivity contribution in [3.05, 3.63) is 22.9 Å². The van der Waals surface area contributed by atoms with Gasteiger partial charge in [0.1, 0.15) is 10.8 Å². The Balaban J connectivity index is 1.18. The lowest BCUT2D eigenvalue weighted by Gasteiger charge is -2.28. The highest BCUT2D eigenvalue weighted by Gasteiger charge is 2.71. The van der Waals surface area contributed by atoms with Crippen LogP contribution in [0.3, 0.4) is 0 Å². The number of aromatic nitrogens is 1. The van der Waals surface area contributed by atoms with E-state index < -0.39 is 6.17 Å². The quantitative estimate of drug-likeness (QED) is 0.324. The highest BCUT2D eigenvalue weighted by atomic mass is 79.9. The monoisotopic (exact) mass is 507 g/mol. The van der Waals surface area contributed by atoms with Crippen LogP contribution in [0.25, 0.3) is 0 Å². The largest absolute Gasteiger partial charge is 0.465 e. The molecule has 3 aliphatic carbocycles. The molecule has 2 heterocycles. The Kier molecular flexibility index (Phi) is 6.27. The number of alkyl halides is 1. The van der Waals surface area contributed by atoms with E-state index >= 15 is 0 Å². The molecular formula is C24H31BrFN3O3. The summed E-state index contributed by atoms with van der Waals surface area (Å²) >= 11 is 3.31. The first kappa shape index (κ1) is 22.3. The number of hydrogen-bond donors (Lipinski definition) is 1. The van der Waals surface area contributed by atoms with Crippen molar-refractivity contribution in [2.45, 2.75) is 51.1 Å². The molecule has 4 fully saturated rings. The molecule has 5 rings (SSSR count). The first-order chi connectivity index (χ1) is 15.5. The van der Waals surface area contributed by atoms with Gasteiger partial charge in [-0.2, -0.15) is 0 Å². The molecule has 5 atom stereocenters. The highest BCUT2D eigenvalue weighted by molar-refractivity contribution is 9.10. The second-order valence-electron chi connectivity index (χ2n) is 10.00. The Morgan fingerprint density at radius 3 is 2.62 bits per heavy atom. The molecule has 8 heteroatoms. The zero-order valence-corrected chi connectivity index (χ0v) is 19.9. The summed E-state index contributed by atoms with van der Waals surface area (Å²) in [5.74, 6) is -0.405. The van der Waals surface area contributed by atoms with Crippen molar-refractivity contribution in [1.82, 2.24) is 9.88 Å². The molecule has 1 unspecified atom stereocenters. The van der Waals surface area contributed by atoms with Crippen LogP contribution in [0.15, 0.2) is 22.9 Å². The molecule has 0 radical (unpaired) electrons. The number of halogens is 2. The number of unbranched alkanes of at least 4 members (excludes halogenated alkanes) is 1. The number of carbonyl (C=O) groups excluding carboxylic acids is 2. The Morgan fingerprint density at radius 2 is 1.97 bits per heavy atom. The highest BCUT2D eigenvalue weighted by Crippen LogP contribution is 2.74. The molecule has 6 nitrogen and oxygen atoms in total. The van der Waals surface area contributed by atoms with Crippen LogP contribution >= 0.6 is 15.9 Å². The smallest absolute Gasteiger partial charge is 0.310 e. The average molecular weight is 508 g/mol. The summed E-state index contributed by atoms with van der Waals surface area (Å²) in [4.78, 5) is 32.7. The van der Waals surface area contributed by atoms with Crippen LogP contribution in [-0.2, 0) is 14.3 Å². The van der Waals surface area contributed by atoms with E-state index in [1.54, 1.807) is 12.3 Å². The maximum absolute atomic E-state index is 13.3. The Bertz CT molecular complexity index is 863. The van der Waals surface area contributed by atoms with Crippen LogP contribution in [0.1, 0.15) is 44.9 Å². The van der Waals surface area contributed by atoms with Gasteiger partial charge in [0.2, 0.25) is 5.91 Å². The minimum Gasteiger partial charge on any atom is -0.465 e. The second-order valence-corrected chi connectivity index (χ2v) is 10.8. The summed E-state index contributed by atoms with van der Waals surface area (Å²) in [5.41, 5.74) is 0.831. The third-order valence-electron chi connectivity index (χ3n) is 8.24. The molecule has 2 bridgehead atoms. The number of nitrogens with one attached hydrogen (secondary N) is 1. The summed E-state index contributed by atoms with van der Waals surface area (Å²) < 4.78 is 19.7. The van der Waals surface area contributed by atoms with Gasteiger partial charge in [-0.05, 0) is 96.8 Å². The van der Waals surface area contributed by atoms with E-state index in [1.807, 2.05) is 6.07 Å². The summed E-state index contributed by atoms with van der Waals surface area (Å²) in [6, 6.07) is 3.61. The van der Waals surface area contributed by atoms with Gasteiger partial charge in [0.25, 0.3) is 0 Å². The zero-order valence-electron chi connectivity index (χ0n) is 18.3. The summed E-state index contributed by atoms with van der Waals surface area (Å²) in [6.45, 7) is 2.57. The number of amides is 1. The van der Waals surface area contributed by atoms with Gasteiger partial charge in [0.15, 0.2) is 0 Å². The van der Waals surface area contributed by atoms with Crippen LogP contribution in [0, 0.1) is 29.1 Å². The maximum Gasteiger partial charge on any atom is 0.310 e. The van der Waals surface area contributed by atoms with E-state index in [9.17, 15) is 14.0 Å². The fourth-order valence-corrected chi connectivity index (χ4v) is 6.93. The number of anilines is 1. The molecule has 0 aromatic carbocycles. The number of likely N-dealkylation sites (tertiary alicyclic amines) is 1. The molecular weight excluding hydrogens is 477 g/mol. The molecule has 3 saturated carbocycles. The van der Waals surface area contributed by atoms with Crippen LogP contribution in [-0.4, -0.2) is 54.2 Å². The topological polar surface area (TPSA) is 71.5 Å². The van der Waals surface area contributed by atoms with E-state index in [0.29, 0.717) is 29.9 Å². The van der Waals surface area contributed by atoms with Gasteiger partial charge in [0, 0.05) is 13.1 Å². The lowest BCUT2D eigenvalue weighted by Crippen LogP contribution is -2.38. The third kappa shape index (κ3) is 4.20. The van der Waals surface area contributed by atoms with E-state index in [1.165, 1.54) is 0 Å². The number of rotatable bonds is 8. The predicted octanol–water partition coefficient (Wildman–Crippen LogP) is 4.20. The van der Waals surface area contributed by atoms with Crippen molar-refractivity contribution in [1.29, 1.82) is 0 Å². The number of hydrogen-bond acceptors (Lipinski definition) is 5. The normalized spacial score (nSPS) is 32.4. The maximum atomic E-state index is 13.3. The second kappa shape index (κ2) is 9.01. The molecule has 1 N–H and O–H groups in total. The predicted molar refractivity (Wildman–Crippen MR) is 122 cm³/mol. The van der Waals surface area contributed by atoms with Crippen LogP contribution in [0.4, 0.5) is 10.1 Å². The Labute approximate surface area is 196 Å². The van der Waals surface area contributed by atoms with Crippen molar-refractivity contribution in [2.24, 2.45) is 29.1 Å². The summed E-state index contributed by atoms with van der Waals surface area (Å²) in [7, 11) is 0. The minimum atomic E-state index is -0.698. The third-order valence-corrected chi connectivity index (χ3v) is 8.71. The van der Waals surface area contributed by atoms with E-state index in [2.05, 4.69) is 31.1 Å². The number of esters is 1. The average Bonchev–Trinajstić information content (AvgIpc) is 3.26. The van der Waals surface area contributed by atoms with E-state index in [-0.39, 0.29) is 41.0 Å². The number of ether oxygens (including phenoxy) is 1. The van der Waals surface area contributed by atoms with Gasteiger partial charge in [0.05, 0.1) is 30.3 Å². The Hall–Kier alpha value is -1.54. The lowest BCUT2D eigenvalue weighted by molar-refractivity contribution is -0.154. The van der Waals surface area contributed by atoms with Crippen molar-refractivity contribution >= 4 is 33.5 Å². The number of carbonyl (C=O) groups is 2. The number of pyridine rings is 1. The molecule has 174 valence electrons. The van der Waals surface area contributed by atoms with Crippen molar-refractivity contribution < 1.29 is 18.7 Å². The van der Waals surface area contributed by atoms with Gasteiger partial charge in [-0.15, -0.1) is 0 Å². The fraction of sp³-hybridized carbons (Fsp3) is 0.708. The van der Waals surface area contributed by atoms with Crippen molar-refractivity contribution in [2.75, 3.05) is 31.6 Å². The van der Waals surface area contributed by atoms with Gasteiger partial charge in [-0.1, -0.05) is 0 Å².